The number of hydrogen-bond acceptors (Lipinski definition) is 2. The summed E-state index contributed by atoms with van der Waals surface area (Å²) < 4.78 is 0. The number of nitrogens with zero attached hydrogens (tertiary/aromatic N) is 1. The third kappa shape index (κ3) is 3.66. The van der Waals surface area contributed by atoms with Gasteiger partial charge < -0.3 is 10.2 Å². The van der Waals surface area contributed by atoms with Crippen molar-refractivity contribution in [3.8, 4) is 0 Å². The van der Waals surface area contributed by atoms with E-state index in [2.05, 4.69) is 61.0 Å². The van der Waals surface area contributed by atoms with E-state index in [4.69, 9.17) is 0 Å². The average Bonchev–Trinajstić information content (AvgIpc) is 2.87. The van der Waals surface area contributed by atoms with Crippen LogP contribution in [0.3, 0.4) is 0 Å². The standard InChI is InChI=1S/C18H26N2/c1-4-6-9-15(3)19-17(5-2)14-20-13-12-16-10-7-8-11-18(16)20/h5,7-8,10-11,19H,3-4,6,9,12-14H2,1-2H3/b17-5-. The summed E-state index contributed by atoms with van der Waals surface area (Å²) in [4.78, 5) is 2.45. The summed E-state index contributed by atoms with van der Waals surface area (Å²) in [5, 5.41) is 3.48. The molecule has 2 heteroatoms. The van der Waals surface area contributed by atoms with E-state index in [1.165, 1.54) is 29.8 Å². The van der Waals surface area contributed by atoms with Crippen molar-refractivity contribution in [1.82, 2.24) is 5.32 Å². The molecule has 1 aromatic rings. The summed E-state index contributed by atoms with van der Waals surface area (Å²) in [6.45, 7) is 10.5. The highest BCUT2D eigenvalue weighted by Gasteiger charge is 2.18. The van der Waals surface area contributed by atoms with Gasteiger partial charge in [-0.05, 0) is 37.8 Å². The van der Waals surface area contributed by atoms with E-state index in [9.17, 15) is 0 Å². The molecule has 108 valence electrons. The lowest BCUT2D eigenvalue weighted by atomic mass is 10.2. The van der Waals surface area contributed by atoms with E-state index >= 15 is 0 Å². The van der Waals surface area contributed by atoms with Crippen LogP contribution in [-0.2, 0) is 6.42 Å². The molecule has 1 heterocycles. The molecule has 0 saturated heterocycles. The minimum Gasteiger partial charge on any atom is -0.365 e. The lowest BCUT2D eigenvalue weighted by Crippen LogP contribution is -2.28. The van der Waals surface area contributed by atoms with Crippen molar-refractivity contribution in [2.45, 2.75) is 39.5 Å². The van der Waals surface area contributed by atoms with Gasteiger partial charge in [0.1, 0.15) is 0 Å². The van der Waals surface area contributed by atoms with Gasteiger partial charge in [0.05, 0.1) is 6.54 Å². The molecule has 0 bridgehead atoms. The lowest BCUT2D eigenvalue weighted by molar-refractivity contribution is 0.731. The fourth-order valence-corrected chi connectivity index (χ4v) is 2.66. The first-order chi connectivity index (χ1) is 9.74. The van der Waals surface area contributed by atoms with Gasteiger partial charge in [0.2, 0.25) is 0 Å². The van der Waals surface area contributed by atoms with Gasteiger partial charge in [0.15, 0.2) is 0 Å². The van der Waals surface area contributed by atoms with E-state index < -0.39 is 0 Å². The number of hydrogen-bond donors (Lipinski definition) is 1. The van der Waals surface area contributed by atoms with Crippen LogP contribution in [0.15, 0.2) is 48.3 Å². The van der Waals surface area contributed by atoms with Gasteiger partial charge in [-0.2, -0.15) is 0 Å². The molecule has 2 nitrogen and oxygen atoms in total. The van der Waals surface area contributed by atoms with Gasteiger partial charge >= 0.3 is 0 Å². The van der Waals surface area contributed by atoms with Gasteiger partial charge in [-0.25, -0.2) is 0 Å². The summed E-state index contributed by atoms with van der Waals surface area (Å²) in [6.07, 6.45) is 6.80. The van der Waals surface area contributed by atoms with Crippen molar-refractivity contribution in [3.05, 3.63) is 53.9 Å². The highest BCUT2D eigenvalue weighted by atomic mass is 15.2. The normalized spacial score (nSPS) is 14.3. The van der Waals surface area contributed by atoms with Gasteiger partial charge in [-0.15, -0.1) is 0 Å². The third-order valence-corrected chi connectivity index (χ3v) is 3.86. The fourth-order valence-electron chi connectivity index (χ4n) is 2.66. The summed E-state index contributed by atoms with van der Waals surface area (Å²) in [5.74, 6) is 0. The summed E-state index contributed by atoms with van der Waals surface area (Å²) >= 11 is 0. The first-order valence-electron chi connectivity index (χ1n) is 7.67. The van der Waals surface area contributed by atoms with E-state index in [1.54, 1.807) is 0 Å². The Bertz CT molecular complexity index is 488. The minimum atomic E-state index is 0.943. The zero-order chi connectivity index (χ0) is 14.4. The quantitative estimate of drug-likeness (QED) is 0.797. The molecular weight excluding hydrogens is 244 g/mol. The van der Waals surface area contributed by atoms with Crippen LogP contribution in [0.2, 0.25) is 0 Å². The molecule has 1 aromatic carbocycles. The molecular formula is C18H26N2. The highest BCUT2D eigenvalue weighted by Crippen LogP contribution is 2.27. The second-order valence-electron chi connectivity index (χ2n) is 5.45. The van der Waals surface area contributed by atoms with Crippen molar-refractivity contribution in [2.75, 3.05) is 18.0 Å². The molecule has 0 spiro atoms. The molecule has 0 aliphatic carbocycles. The summed E-state index contributed by atoms with van der Waals surface area (Å²) in [7, 11) is 0. The number of anilines is 1. The largest absolute Gasteiger partial charge is 0.365 e. The molecule has 0 fully saturated rings. The van der Waals surface area contributed by atoms with Crippen LogP contribution in [0, 0.1) is 0 Å². The number of benzene rings is 1. The van der Waals surface area contributed by atoms with Crippen LogP contribution in [-0.4, -0.2) is 13.1 Å². The Kier molecular flexibility index (Phi) is 5.28. The van der Waals surface area contributed by atoms with Crippen LogP contribution in [0.1, 0.15) is 38.7 Å². The maximum absolute atomic E-state index is 4.13. The summed E-state index contributed by atoms with van der Waals surface area (Å²) in [6, 6.07) is 8.71. The molecule has 20 heavy (non-hydrogen) atoms. The SMILES string of the molecule is C=C(CCCC)N/C(=C\C)CN1CCc2ccccc21. The number of rotatable bonds is 7. The Labute approximate surface area is 123 Å². The molecule has 0 amide bonds. The van der Waals surface area contributed by atoms with Crippen molar-refractivity contribution < 1.29 is 0 Å². The molecule has 0 atom stereocenters. The van der Waals surface area contributed by atoms with Crippen LogP contribution < -0.4 is 10.2 Å². The third-order valence-electron chi connectivity index (χ3n) is 3.86. The first-order valence-corrected chi connectivity index (χ1v) is 7.67. The first kappa shape index (κ1) is 14.7. The average molecular weight is 270 g/mol. The number of allylic oxidation sites excluding steroid dienone is 2. The zero-order valence-corrected chi connectivity index (χ0v) is 12.8. The minimum absolute atomic E-state index is 0.943. The molecule has 1 aliphatic rings. The number of nitrogens with one attached hydrogen (secondary N) is 1. The van der Waals surface area contributed by atoms with Crippen molar-refractivity contribution in [2.24, 2.45) is 0 Å². The Morgan fingerprint density at radius 3 is 2.95 bits per heavy atom. The summed E-state index contributed by atoms with van der Waals surface area (Å²) in [5.41, 5.74) is 5.23. The van der Waals surface area contributed by atoms with E-state index in [-0.39, 0.29) is 0 Å². The molecule has 1 N–H and O–H groups in total. The Balaban J connectivity index is 1.93. The van der Waals surface area contributed by atoms with Crippen molar-refractivity contribution >= 4 is 5.69 Å². The van der Waals surface area contributed by atoms with Crippen LogP contribution in [0.25, 0.3) is 0 Å². The predicted octanol–water partition coefficient (Wildman–Crippen LogP) is 4.25. The van der Waals surface area contributed by atoms with E-state index in [0.29, 0.717) is 0 Å². The molecule has 0 radical (unpaired) electrons. The number of unbranched alkanes of at least 4 members (excludes halogenated alkanes) is 1. The lowest BCUT2D eigenvalue weighted by Gasteiger charge is -2.22. The van der Waals surface area contributed by atoms with Crippen molar-refractivity contribution in [3.63, 3.8) is 0 Å². The van der Waals surface area contributed by atoms with Gasteiger partial charge in [0, 0.05) is 23.6 Å². The van der Waals surface area contributed by atoms with E-state index in [1.807, 2.05) is 0 Å². The molecule has 0 saturated carbocycles. The second kappa shape index (κ2) is 7.18. The topological polar surface area (TPSA) is 15.3 Å². The molecule has 0 unspecified atom stereocenters. The van der Waals surface area contributed by atoms with Crippen LogP contribution in [0.5, 0.6) is 0 Å². The van der Waals surface area contributed by atoms with Crippen molar-refractivity contribution in [1.29, 1.82) is 0 Å². The maximum atomic E-state index is 4.13. The second-order valence-corrected chi connectivity index (χ2v) is 5.45. The Hall–Kier alpha value is -1.70. The predicted molar refractivity (Wildman–Crippen MR) is 87.9 cm³/mol. The maximum Gasteiger partial charge on any atom is 0.0576 e. The van der Waals surface area contributed by atoms with Gasteiger partial charge in [-0.1, -0.05) is 44.2 Å². The number of para-hydroxylation sites is 1. The van der Waals surface area contributed by atoms with Crippen LogP contribution in [0.4, 0.5) is 5.69 Å². The van der Waals surface area contributed by atoms with Crippen LogP contribution >= 0.6 is 0 Å². The smallest absolute Gasteiger partial charge is 0.0576 e. The monoisotopic (exact) mass is 270 g/mol. The molecule has 0 aromatic heterocycles. The highest BCUT2D eigenvalue weighted by molar-refractivity contribution is 5.58. The molecule has 2 rings (SSSR count). The zero-order valence-electron chi connectivity index (χ0n) is 12.8. The molecule has 1 aliphatic heterocycles. The Morgan fingerprint density at radius 2 is 2.20 bits per heavy atom. The van der Waals surface area contributed by atoms with Gasteiger partial charge in [-0.3, -0.25) is 0 Å². The van der Waals surface area contributed by atoms with Gasteiger partial charge in [0.25, 0.3) is 0 Å². The number of fused-ring (bicyclic) bond motifs is 1. The van der Waals surface area contributed by atoms with E-state index in [0.717, 1.165) is 31.6 Å². The fraction of sp³-hybridized carbons (Fsp3) is 0.444. The Morgan fingerprint density at radius 1 is 1.40 bits per heavy atom.